The Morgan fingerprint density at radius 2 is 1.84 bits per heavy atom. The predicted molar refractivity (Wildman–Crippen MR) is 101 cm³/mol. The van der Waals surface area contributed by atoms with Gasteiger partial charge in [0.1, 0.15) is 0 Å². The highest BCUT2D eigenvalue weighted by atomic mass is 32.1. The molecule has 0 radical (unpaired) electrons. The van der Waals surface area contributed by atoms with Crippen molar-refractivity contribution < 1.29 is 4.79 Å². The van der Waals surface area contributed by atoms with Crippen LogP contribution < -0.4 is 5.32 Å². The van der Waals surface area contributed by atoms with Crippen molar-refractivity contribution in [3.05, 3.63) is 84.2 Å². The molecular formula is C20H17N3OS. The summed E-state index contributed by atoms with van der Waals surface area (Å²) in [6.07, 6.45) is 3.93. The van der Waals surface area contributed by atoms with Gasteiger partial charge in [0.15, 0.2) is 5.13 Å². The van der Waals surface area contributed by atoms with E-state index in [1.165, 1.54) is 0 Å². The lowest BCUT2D eigenvalue weighted by Gasteiger charge is -2.14. The van der Waals surface area contributed by atoms with Crippen LogP contribution in [0.5, 0.6) is 0 Å². The Hall–Kier alpha value is -2.92. The van der Waals surface area contributed by atoms with Gasteiger partial charge in [-0.05, 0) is 42.8 Å². The number of fused-ring (bicyclic) bond motifs is 1. The normalized spacial score (nSPS) is 12.2. The van der Waals surface area contributed by atoms with Gasteiger partial charge >= 0.3 is 0 Å². The Labute approximate surface area is 149 Å². The Balaban J connectivity index is 1.57. The molecule has 2 aromatic carbocycles. The van der Waals surface area contributed by atoms with Crippen LogP contribution in [0.2, 0.25) is 0 Å². The topological polar surface area (TPSA) is 46.9 Å². The molecule has 4 aromatic rings. The molecule has 0 saturated carbocycles. The van der Waals surface area contributed by atoms with E-state index in [0.29, 0.717) is 5.56 Å². The molecule has 1 amide bonds. The molecular weight excluding hydrogens is 330 g/mol. The van der Waals surface area contributed by atoms with Gasteiger partial charge in [-0.2, -0.15) is 0 Å². The summed E-state index contributed by atoms with van der Waals surface area (Å²) in [4.78, 5) is 17.2. The van der Waals surface area contributed by atoms with E-state index in [-0.39, 0.29) is 11.9 Å². The molecule has 1 unspecified atom stereocenters. The summed E-state index contributed by atoms with van der Waals surface area (Å²) in [5.74, 6) is -0.0748. The zero-order chi connectivity index (χ0) is 17.2. The molecule has 4 nitrogen and oxygen atoms in total. The molecule has 2 heterocycles. The summed E-state index contributed by atoms with van der Waals surface area (Å²) >= 11 is 1.57. The number of nitrogens with zero attached hydrogens (tertiary/aromatic N) is 2. The smallest absolute Gasteiger partial charge is 0.251 e. The molecule has 0 fully saturated rings. The second-order valence-electron chi connectivity index (χ2n) is 5.88. The molecule has 1 N–H and O–H groups in total. The third-order valence-electron chi connectivity index (χ3n) is 4.11. The van der Waals surface area contributed by atoms with Crippen molar-refractivity contribution in [1.29, 1.82) is 0 Å². The maximum absolute atomic E-state index is 12.6. The van der Waals surface area contributed by atoms with Gasteiger partial charge in [-0.1, -0.05) is 41.7 Å². The highest BCUT2D eigenvalue weighted by molar-refractivity contribution is 7.20. The van der Waals surface area contributed by atoms with Crippen LogP contribution in [0.3, 0.4) is 0 Å². The van der Waals surface area contributed by atoms with Crippen molar-refractivity contribution in [3.63, 3.8) is 0 Å². The van der Waals surface area contributed by atoms with Gasteiger partial charge in [-0.3, -0.25) is 4.79 Å². The van der Waals surface area contributed by atoms with Crippen LogP contribution in [0.4, 0.5) is 0 Å². The van der Waals surface area contributed by atoms with E-state index in [0.717, 1.165) is 20.9 Å². The van der Waals surface area contributed by atoms with Crippen LogP contribution in [0.15, 0.2) is 73.1 Å². The van der Waals surface area contributed by atoms with E-state index in [1.54, 1.807) is 11.3 Å². The van der Waals surface area contributed by atoms with Crippen molar-refractivity contribution in [3.8, 4) is 5.13 Å². The number of thiazole rings is 1. The number of carbonyl (C=O) groups excluding carboxylic acids is 1. The fourth-order valence-electron chi connectivity index (χ4n) is 2.73. The Morgan fingerprint density at radius 3 is 2.60 bits per heavy atom. The number of amides is 1. The first-order chi connectivity index (χ1) is 12.2. The van der Waals surface area contributed by atoms with E-state index >= 15 is 0 Å². The summed E-state index contributed by atoms with van der Waals surface area (Å²) in [5.41, 5.74) is 2.64. The van der Waals surface area contributed by atoms with Gasteiger partial charge in [-0.25, -0.2) is 4.98 Å². The van der Waals surface area contributed by atoms with Gasteiger partial charge < -0.3 is 9.88 Å². The minimum Gasteiger partial charge on any atom is -0.346 e. The number of carbonyl (C=O) groups is 1. The molecule has 0 aliphatic rings. The average Bonchev–Trinajstić information content (AvgIpc) is 3.31. The van der Waals surface area contributed by atoms with Crippen LogP contribution in [0.1, 0.15) is 28.9 Å². The summed E-state index contributed by atoms with van der Waals surface area (Å²) in [7, 11) is 0. The Bertz CT molecular complexity index is 1010. The first-order valence-corrected chi connectivity index (χ1v) is 8.92. The molecule has 5 heteroatoms. The van der Waals surface area contributed by atoms with Crippen LogP contribution in [0, 0.1) is 0 Å². The number of benzene rings is 2. The molecule has 0 aliphatic carbocycles. The monoisotopic (exact) mass is 347 g/mol. The van der Waals surface area contributed by atoms with Gasteiger partial charge in [-0.15, -0.1) is 0 Å². The number of rotatable bonds is 4. The predicted octanol–water partition coefficient (Wildman–Crippen LogP) is 4.58. The molecule has 2 aromatic heterocycles. The van der Waals surface area contributed by atoms with Crippen molar-refractivity contribution in [2.24, 2.45) is 0 Å². The van der Waals surface area contributed by atoms with Crippen molar-refractivity contribution in [2.45, 2.75) is 13.0 Å². The Kier molecular flexibility index (Phi) is 4.07. The van der Waals surface area contributed by atoms with Crippen LogP contribution in [-0.4, -0.2) is 15.5 Å². The van der Waals surface area contributed by atoms with Gasteiger partial charge in [0, 0.05) is 18.0 Å². The summed E-state index contributed by atoms with van der Waals surface area (Å²) in [6.45, 7) is 1.99. The van der Waals surface area contributed by atoms with E-state index < -0.39 is 0 Å². The van der Waals surface area contributed by atoms with E-state index in [4.69, 9.17) is 0 Å². The molecule has 0 spiro atoms. The number of hydrogen-bond donors (Lipinski definition) is 1. The maximum atomic E-state index is 12.6. The van der Waals surface area contributed by atoms with Gasteiger partial charge in [0.25, 0.3) is 5.91 Å². The largest absolute Gasteiger partial charge is 0.346 e. The zero-order valence-corrected chi connectivity index (χ0v) is 14.5. The van der Waals surface area contributed by atoms with Crippen LogP contribution >= 0.6 is 11.3 Å². The SMILES string of the molecule is CC(NC(=O)c1ccc2nc(-n3cccc3)sc2c1)c1ccccc1. The quantitative estimate of drug-likeness (QED) is 0.587. The minimum absolute atomic E-state index is 0.0405. The highest BCUT2D eigenvalue weighted by Gasteiger charge is 2.13. The lowest BCUT2D eigenvalue weighted by Crippen LogP contribution is -2.26. The van der Waals surface area contributed by atoms with Crippen LogP contribution in [-0.2, 0) is 0 Å². The highest BCUT2D eigenvalue weighted by Crippen LogP contribution is 2.26. The number of aromatic nitrogens is 2. The first kappa shape index (κ1) is 15.6. The third kappa shape index (κ3) is 3.19. The van der Waals surface area contributed by atoms with Gasteiger partial charge in [0.2, 0.25) is 0 Å². The van der Waals surface area contributed by atoms with E-state index in [1.807, 2.05) is 84.5 Å². The average molecular weight is 347 g/mol. The molecule has 4 rings (SSSR count). The molecule has 0 bridgehead atoms. The summed E-state index contributed by atoms with van der Waals surface area (Å²) < 4.78 is 2.98. The van der Waals surface area contributed by atoms with Crippen molar-refractivity contribution in [1.82, 2.24) is 14.9 Å². The summed E-state index contributed by atoms with van der Waals surface area (Å²) in [6, 6.07) is 19.5. The second kappa shape index (κ2) is 6.53. The molecule has 124 valence electrons. The lowest BCUT2D eigenvalue weighted by molar-refractivity contribution is 0.0940. The van der Waals surface area contributed by atoms with E-state index in [9.17, 15) is 4.79 Å². The van der Waals surface area contributed by atoms with Crippen LogP contribution in [0.25, 0.3) is 15.3 Å². The maximum Gasteiger partial charge on any atom is 0.251 e. The summed E-state index contributed by atoms with van der Waals surface area (Å²) in [5, 5.41) is 3.95. The minimum atomic E-state index is -0.0748. The Morgan fingerprint density at radius 1 is 1.08 bits per heavy atom. The van der Waals surface area contributed by atoms with Crippen molar-refractivity contribution in [2.75, 3.05) is 0 Å². The molecule has 0 saturated heterocycles. The van der Waals surface area contributed by atoms with Gasteiger partial charge in [0.05, 0.1) is 16.3 Å². The van der Waals surface area contributed by atoms with Crippen molar-refractivity contribution >= 4 is 27.5 Å². The third-order valence-corrected chi connectivity index (χ3v) is 5.14. The standard InChI is InChI=1S/C20H17N3OS/c1-14(15-7-3-2-4-8-15)21-19(24)16-9-10-17-18(13-16)25-20(22-17)23-11-5-6-12-23/h2-14H,1H3,(H,21,24). The molecule has 1 atom stereocenters. The zero-order valence-electron chi connectivity index (χ0n) is 13.7. The molecule has 25 heavy (non-hydrogen) atoms. The number of hydrogen-bond acceptors (Lipinski definition) is 3. The second-order valence-corrected chi connectivity index (χ2v) is 6.88. The fourth-order valence-corrected chi connectivity index (χ4v) is 3.70. The van der Waals surface area contributed by atoms with E-state index in [2.05, 4.69) is 10.3 Å². The lowest BCUT2D eigenvalue weighted by atomic mass is 10.1. The first-order valence-electron chi connectivity index (χ1n) is 8.10. The molecule has 0 aliphatic heterocycles. The number of nitrogens with one attached hydrogen (secondary N) is 1. The fraction of sp³-hybridized carbons (Fsp3) is 0.100.